The summed E-state index contributed by atoms with van der Waals surface area (Å²) in [5.74, 6) is 1.74. The summed E-state index contributed by atoms with van der Waals surface area (Å²) in [6.07, 6.45) is 5.83. The highest BCUT2D eigenvalue weighted by atomic mass is 16.5. The number of carbonyl (C=O) groups is 1. The quantitative estimate of drug-likeness (QED) is 0.608. The van der Waals surface area contributed by atoms with E-state index in [0.29, 0.717) is 17.3 Å². The van der Waals surface area contributed by atoms with Crippen LogP contribution in [0.2, 0.25) is 0 Å². The van der Waals surface area contributed by atoms with E-state index >= 15 is 0 Å². The number of fused-ring (bicyclic) bond motifs is 1. The first-order valence-electron chi connectivity index (χ1n) is 7.96. The van der Waals surface area contributed by atoms with E-state index in [1.165, 1.54) is 6.42 Å². The molecule has 2 nitrogen and oxygen atoms in total. The Hall–Kier alpha value is -1.57. The summed E-state index contributed by atoms with van der Waals surface area (Å²) in [6, 6.07) is 9.84. The maximum Gasteiger partial charge on any atom is 0.331 e. The standard InChI is InChI=1S/C19H24O2/c1-13(2)19-11-16(19)14(3)17(12-19)21-18(20)10-9-15-7-5-4-6-8-15/h4-10,13-14,16-17H,11-12H2,1-3H3. The molecule has 0 bridgehead atoms. The fourth-order valence-corrected chi connectivity index (χ4v) is 4.08. The molecule has 0 aromatic heterocycles. The van der Waals surface area contributed by atoms with Crippen molar-refractivity contribution in [2.24, 2.45) is 23.2 Å². The van der Waals surface area contributed by atoms with E-state index in [2.05, 4.69) is 20.8 Å². The molecule has 2 fully saturated rings. The third kappa shape index (κ3) is 2.64. The number of hydrogen-bond acceptors (Lipinski definition) is 2. The van der Waals surface area contributed by atoms with Gasteiger partial charge >= 0.3 is 5.97 Å². The predicted molar refractivity (Wildman–Crippen MR) is 84.5 cm³/mol. The molecule has 0 radical (unpaired) electrons. The van der Waals surface area contributed by atoms with Crippen molar-refractivity contribution in [2.45, 2.75) is 39.7 Å². The normalized spacial score (nSPS) is 34.2. The van der Waals surface area contributed by atoms with E-state index in [1.54, 1.807) is 6.08 Å². The summed E-state index contributed by atoms with van der Waals surface area (Å²) < 4.78 is 5.70. The first-order chi connectivity index (χ1) is 10.0. The van der Waals surface area contributed by atoms with Gasteiger partial charge < -0.3 is 4.74 Å². The van der Waals surface area contributed by atoms with Crippen LogP contribution >= 0.6 is 0 Å². The molecule has 4 atom stereocenters. The Labute approximate surface area is 127 Å². The zero-order chi connectivity index (χ0) is 15.0. The van der Waals surface area contributed by atoms with Crippen LogP contribution in [-0.2, 0) is 9.53 Å². The van der Waals surface area contributed by atoms with Crippen molar-refractivity contribution in [2.75, 3.05) is 0 Å². The van der Waals surface area contributed by atoms with E-state index in [4.69, 9.17) is 4.74 Å². The van der Waals surface area contributed by atoms with Crippen molar-refractivity contribution < 1.29 is 9.53 Å². The minimum atomic E-state index is -0.212. The Balaban J connectivity index is 1.58. The molecule has 0 saturated heterocycles. The van der Waals surface area contributed by atoms with Crippen LogP contribution in [0.25, 0.3) is 6.08 Å². The Bertz CT molecular complexity index is 546. The first-order valence-corrected chi connectivity index (χ1v) is 7.96. The highest BCUT2D eigenvalue weighted by molar-refractivity contribution is 5.87. The fraction of sp³-hybridized carbons (Fsp3) is 0.526. The zero-order valence-corrected chi connectivity index (χ0v) is 13.1. The van der Waals surface area contributed by atoms with Crippen LogP contribution in [0.1, 0.15) is 39.2 Å². The highest BCUT2D eigenvalue weighted by Gasteiger charge is 2.65. The molecule has 0 amide bonds. The third-order valence-corrected chi connectivity index (χ3v) is 5.61. The Morgan fingerprint density at radius 1 is 1.29 bits per heavy atom. The van der Waals surface area contributed by atoms with Gasteiger partial charge in [0, 0.05) is 6.08 Å². The zero-order valence-electron chi connectivity index (χ0n) is 13.1. The Morgan fingerprint density at radius 3 is 2.62 bits per heavy atom. The van der Waals surface area contributed by atoms with Crippen LogP contribution in [0, 0.1) is 23.2 Å². The monoisotopic (exact) mass is 284 g/mol. The van der Waals surface area contributed by atoms with Gasteiger partial charge in [-0.2, -0.15) is 0 Å². The summed E-state index contributed by atoms with van der Waals surface area (Å²) >= 11 is 0. The van der Waals surface area contributed by atoms with Crippen LogP contribution in [-0.4, -0.2) is 12.1 Å². The number of benzene rings is 1. The molecule has 21 heavy (non-hydrogen) atoms. The SMILES string of the molecule is CC1C(OC(=O)C=Cc2ccccc2)CC2(C(C)C)CC12. The molecule has 1 aromatic carbocycles. The lowest BCUT2D eigenvalue weighted by Gasteiger charge is -2.21. The molecule has 0 aliphatic heterocycles. The highest BCUT2D eigenvalue weighted by Crippen LogP contribution is 2.70. The van der Waals surface area contributed by atoms with Crippen LogP contribution in [0.4, 0.5) is 0 Å². The molecule has 2 saturated carbocycles. The molecular formula is C19H24O2. The molecule has 0 N–H and O–H groups in total. The van der Waals surface area contributed by atoms with Gasteiger partial charge in [0.1, 0.15) is 6.10 Å². The first kappa shape index (κ1) is 14.4. The largest absolute Gasteiger partial charge is 0.459 e. The summed E-state index contributed by atoms with van der Waals surface area (Å²) in [6.45, 7) is 6.83. The van der Waals surface area contributed by atoms with E-state index in [9.17, 15) is 4.79 Å². The second kappa shape index (κ2) is 5.32. The van der Waals surface area contributed by atoms with E-state index in [1.807, 2.05) is 36.4 Å². The molecular weight excluding hydrogens is 260 g/mol. The molecule has 0 heterocycles. The Morgan fingerprint density at radius 2 is 2.00 bits per heavy atom. The van der Waals surface area contributed by atoms with E-state index in [0.717, 1.165) is 17.9 Å². The van der Waals surface area contributed by atoms with Gasteiger partial charge in [0.15, 0.2) is 0 Å². The minimum absolute atomic E-state index is 0.0964. The van der Waals surface area contributed by atoms with Crippen LogP contribution < -0.4 is 0 Å². The van der Waals surface area contributed by atoms with Gasteiger partial charge in [0.05, 0.1) is 0 Å². The maximum atomic E-state index is 12.0. The summed E-state index contributed by atoms with van der Waals surface area (Å²) in [7, 11) is 0. The topological polar surface area (TPSA) is 26.3 Å². The van der Waals surface area contributed by atoms with Crippen LogP contribution in [0.15, 0.2) is 36.4 Å². The van der Waals surface area contributed by atoms with Gasteiger partial charge in [-0.3, -0.25) is 0 Å². The summed E-state index contributed by atoms with van der Waals surface area (Å²) in [4.78, 5) is 12.0. The average Bonchev–Trinajstić information content (AvgIpc) is 3.14. The predicted octanol–water partition coefficient (Wildman–Crippen LogP) is 4.31. The second-order valence-electron chi connectivity index (χ2n) is 6.98. The van der Waals surface area contributed by atoms with E-state index in [-0.39, 0.29) is 12.1 Å². The fourth-order valence-electron chi connectivity index (χ4n) is 4.08. The van der Waals surface area contributed by atoms with E-state index < -0.39 is 0 Å². The van der Waals surface area contributed by atoms with Crippen LogP contribution in [0.3, 0.4) is 0 Å². The van der Waals surface area contributed by atoms with Crippen molar-refractivity contribution >= 4 is 12.0 Å². The number of esters is 1. The summed E-state index contributed by atoms with van der Waals surface area (Å²) in [5, 5.41) is 0. The molecule has 2 aliphatic rings. The Kier molecular flexibility index (Phi) is 3.64. The van der Waals surface area contributed by atoms with Crippen molar-refractivity contribution in [1.82, 2.24) is 0 Å². The number of hydrogen-bond donors (Lipinski definition) is 0. The maximum absolute atomic E-state index is 12.0. The minimum Gasteiger partial charge on any atom is -0.459 e. The molecule has 3 rings (SSSR count). The van der Waals surface area contributed by atoms with Gasteiger partial charge in [0.25, 0.3) is 0 Å². The van der Waals surface area contributed by atoms with Gasteiger partial charge in [0.2, 0.25) is 0 Å². The van der Waals surface area contributed by atoms with Crippen molar-refractivity contribution in [3.8, 4) is 0 Å². The lowest BCUT2D eigenvalue weighted by molar-refractivity contribution is -0.145. The smallest absolute Gasteiger partial charge is 0.331 e. The number of ether oxygens (including phenoxy) is 1. The van der Waals surface area contributed by atoms with Crippen molar-refractivity contribution in [1.29, 1.82) is 0 Å². The van der Waals surface area contributed by atoms with Gasteiger partial charge in [-0.05, 0) is 47.6 Å². The molecule has 4 unspecified atom stereocenters. The van der Waals surface area contributed by atoms with Gasteiger partial charge in [-0.25, -0.2) is 4.79 Å². The summed E-state index contributed by atoms with van der Waals surface area (Å²) in [5.41, 5.74) is 1.48. The second-order valence-corrected chi connectivity index (χ2v) is 6.98. The molecule has 1 aromatic rings. The van der Waals surface area contributed by atoms with Gasteiger partial charge in [-0.1, -0.05) is 51.1 Å². The lowest BCUT2D eigenvalue weighted by atomic mass is 9.89. The lowest BCUT2D eigenvalue weighted by Crippen LogP contribution is -2.23. The molecule has 0 spiro atoms. The molecule has 2 aliphatic carbocycles. The number of carbonyl (C=O) groups excluding carboxylic acids is 1. The van der Waals surface area contributed by atoms with Crippen molar-refractivity contribution in [3.05, 3.63) is 42.0 Å². The molecule has 2 heteroatoms. The van der Waals surface area contributed by atoms with Crippen molar-refractivity contribution in [3.63, 3.8) is 0 Å². The van der Waals surface area contributed by atoms with Gasteiger partial charge in [-0.15, -0.1) is 0 Å². The number of rotatable bonds is 4. The molecule has 112 valence electrons. The average molecular weight is 284 g/mol. The third-order valence-electron chi connectivity index (χ3n) is 5.61. The van der Waals surface area contributed by atoms with Crippen LogP contribution in [0.5, 0.6) is 0 Å².